The van der Waals surface area contributed by atoms with Gasteiger partial charge in [0.25, 0.3) is 0 Å². The van der Waals surface area contributed by atoms with E-state index in [9.17, 15) is 4.79 Å². The lowest BCUT2D eigenvalue weighted by atomic mass is 10.1. The molecule has 8 heteroatoms. The number of amides is 1. The second kappa shape index (κ2) is 12.8. The summed E-state index contributed by atoms with van der Waals surface area (Å²) in [4.78, 5) is 18.2. The molecular weight excluding hydrogens is 406 g/mol. The van der Waals surface area contributed by atoms with Crippen LogP contribution in [0, 0.1) is 0 Å². The van der Waals surface area contributed by atoms with Crippen molar-refractivity contribution < 1.29 is 13.9 Å². The molecule has 0 aliphatic carbocycles. The van der Waals surface area contributed by atoms with Gasteiger partial charge in [-0.15, -0.1) is 0 Å². The first-order valence-corrected chi connectivity index (χ1v) is 11.0. The van der Waals surface area contributed by atoms with E-state index in [0.29, 0.717) is 19.6 Å². The Hall–Kier alpha value is -3.00. The number of hydrogen-bond acceptors (Lipinski definition) is 5. The molecule has 1 amide bonds. The number of carbonyl (C=O) groups is 1. The zero-order valence-electron chi connectivity index (χ0n) is 19.9. The first-order valence-electron chi connectivity index (χ1n) is 11.0. The van der Waals surface area contributed by atoms with Crippen molar-refractivity contribution in [2.24, 2.45) is 4.99 Å². The fourth-order valence-electron chi connectivity index (χ4n) is 3.10. The minimum absolute atomic E-state index is 0.395. The number of furan rings is 1. The Balaban J connectivity index is 1.74. The van der Waals surface area contributed by atoms with Gasteiger partial charge in [-0.3, -0.25) is 9.89 Å². The molecule has 32 heavy (non-hydrogen) atoms. The molecule has 0 radical (unpaired) electrons. The van der Waals surface area contributed by atoms with Crippen molar-refractivity contribution in [3.8, 4) is 0 Å². The predicted molar refractivity (Wildman–Crippen MR) is 127 cm³/mol. The van der Waals surface area contributed by atoms with Crippen LogP contribution in [-0.4, -0.2) is 49.7 Å². The number of nitrogens with zero attached hydrogens (tertiary/aromatic N) is 2. The fraction of sp³-hybridized carbons (Fsp3) is 0.500. The lowest BCUT2D eigenvalue weighted by Crippen LogP contribution is -2.39. The minimum Gasteiger partial charge on any atom is -0.468 e. The predicted octanol–water partition coefficient (Wildman–Crippen LogP) is 3.49. The third-order valence-corrected chi connectivity index (χ3v) is 4.55. The second-order valence-electron chi connectivity index (χ2n) is 8.66. The van der Waals surface area contributed by atoms with Crippen LogP contribution in [0.2, 0.25) is 0 Å². The van der Waals surface area contributed by atoms with E-state index in [0.717, 1.165) is 31.2 Å². The maximum absolute atomic E-state index is 11.7. The van der Waals surface area contributed by atoms with E-state index in [2.05, 4.69) is 51.1 Å². The van der Waals surface area contributed by atoms with Crippen molar-refractivity contribution in [2.45, 2.75) is 52.4 Å². The largest absolute Gasteiger partial charge is 0.468 e. The van der Waals surface area contributed by atoms with Crippen molar-refractivity contribution in [3.63, 3.8) is 0 Å². The average Bonchev–Trinajstić information content (AvgIpc) is 3.22. The van der Waals surface area contributed by atoms with Gasteiger partial charge < -0.3 is 25.1 Å². The number of aliphatic imine (C=N–C) groups is 1. The van der Waals surface area contributed by atoms with Crippen molar-refractivity contribution >= 4 is 12.1 Å². The van der Waals surface area contributed by atoms with E-state index in [1.165, 1.54) is 11.1 Å². The van der Waals surface area contributed by atoms with Gasteiger partial charge in [-0.05, 0) is 57.5 Å². The monoisotopic (exact) mass is 443 g/mol. The molecule has 0 unspecified atom stereocenters. The van der Waals surface area contributed by atoms with Gasteiger partial charge in [0.2, 0.25) is 0 Å². The number of alkyl carbamates (subject to hydrolysis) is 1. The number of benzene rings is 1. The summed E-state index contributed by atoms with van der Waals surface area (Å²) < 4.78 is 10.7. The Bertz CT molecular complexity index is 844. The smallest absolute Gasteiger partial charge is 0.407 e. The number of hydrogen-bond donors (Lipinski definition) is 3. The van der Waals surface area contributed by atoms with Crippen LogP contribution in [0.3, 0.4) is 0 Å². The van der Waals surface area contributed by atoms with Crippen LogP contribution < -0.4 is 16.0 Å². The number of rotatable bonds is 10. The molecule has 2 rings (SSSR count). The van der Waals surface area contributed by atoms with E-state index in [4.69, 9.17) is 9.15 Å². The molecule has 8 nitrogen and oxygen atoms in total. The van der Waals surface area contributed by atoms with E-state index < -0.39 is 11.7 Å². The lowest BCUT2D eigenvalue weighted by molar-refractivity contribution is 0.0527. The van der Waals surface area contributed by atoms with Gasteiger partial charge in [0.15, 0.2) is 5.96 Å². The van der Waals surface area contributed by atoms with Crippen LogP contribution in [0.15, 0.2) is 52.1 Å². The Morgan fingerprint density at radius 1 is 1.03 bits per heavy atom. The minimum atomic E-state index is -0.488. The number of carbonyl (C=O) groups excluding carboxylic acids is 1. The van der Waals surface area contributed by atoms with Crippen molar-refractivity contribution in [1.82, 2.24) is 20.9 Å². The maximum atomic E-state index is 11.7. The molecule has 0 saturated carbocycles. The molecule has 176 valence electrons. The maximum Gasteiger partial charge on any atom is 0.407 e. The molecule has 3 N–H and O–H groups in total. The van der Waals surface area contributed by atoms with Gasteiger partial charge in [0, 0.05) is 33.2 Å². The van der Waals surface area contributed by atoms with E-state index in [1.807, 2.05) is 39.0 Å². The highest BCUT2D eigenvalue weighted by Crippen LogP contribution is 2.13. The van der Waals surface area contributed by atoms with Gasteiger partial charge in [-0.1, -0.05) is 24.3 Å². The van der Waals surface area contributed by atoms with Crippen LogP contribution in [-0.2, 0) is 24.4 Å². The Labute approximate surface area is 191 Å². The molecule has 2 aromatic rings. The molecule has 0 bridgehead atoms. The van der Waals surface area contributed by atoms with E-state index >= 15 is 0 Å². The average molecular weight is 444 g/mol. The van der Waals surface area contributed by atoms with Gasteiger partial charge in [-0.25, -0.2) is 4.79 Å². The summed E-state index contributed by atoms with van der Waals surface area (Å²) >= 11 is 0. The van der Waals surface area contributed by atoms with Crippen LogP contribution in [0.5, 0.6) is 0 Å². The molecule has 0 spiro atoms. The third-order valence-electron chi connectivity index (χ3n) is 4.55. The molecule has 1 heterocycles. The van der Waals surface area contributed by atoms with Gasteiger partial charge >= 0.3 is 6.09 Å². The Morgan fingerprint density at radius 2 is 1.75 bits per heavy atom. The van der Waals surface area contributed by atoms with Gasteiger partial charge in [-0.2, -0.15) is 0 Å². The zero-order chi connectivity index (χ0) is 23.4. The first-order chi connectivity index (χ1) is 15.3. The van der Waals surface area contributed by atoms with Gasteiger partial charge in [0.1, 0.15) is 11.4 Å². The molecule has 1 aromatic carbocycles. The molecule has 0 fully saturated rings. The molecule has 1 aromatic heterocycles. The summed E-state index contributed by atoms with van der Waals surface area (Å²) in [6.07, 6.45) is 2.06. The fourth-order valence-corrected chi connectivity index (χ4v) is 3.10. The third kappa shape index (κ3) is 9.87. The topological polar surface area (TPSA) is 91.1 Å². The number of guanidine groups is 1. The zero-order valence-corrected chi connectivity index (χ0v) is 19.9. The highest BCUT2D eigenvalue weighted by atomic mass is 16.6. The summed E-state index contributed by atoms with van der Waals surface area (Å²) in [5.74, 6) is 1.68. The quantitative estimate of drug-likeness (QED) is 0.296. The van der Waals surface area contributed by atoms with Crippen molar-refractivity contribution in [3.05, 3.63) is 59.5 Å². The van der Waals surface area contributed by atoms with E-state index in [-0.39, 0.29) is 0 Å². The van der Waals surface area contributed by atoms with Crippen LogP contribution in [0.1, 0.15) is 44.1 Å². The second-order valence-corrected chi connectivity index (χ2v) is 8.66. The number of nitrogens with one attached hydrogen (secondary N) is 3. The molecule has 0 atom stereocenters. The summed E-state index contributed by atoms with van der Waals surface area (Å²) in [6.45, 7) is 9.00. The highest BCUT2D eigenvalue weighted by Gasteiger charge is 2.15. The first kappa shape index (κ1) is 25.3. The standard InChI is InChI=1S/C24H37N5O3/c1-24(2,3)32-23(30)27-14-9-13-26-22(25-4)28-16-19-10-6-7-11-20(19)17-29(5)18-21-12-8-15-31-21/h6-8,10-12,15H,9,13-14,16-18H2,1-5H3,(H,27,30)(H2,25,26,28). The summed E-state index contributed by atoms with van der Waals surface area (Å²) in [6, 6.07) is 12.3. The Morgan fingerprint density at radius 3 is 2.41 bits per heavy atom. The summed E-state index contributed by atoms with van der Waals surface area (Å²) in [7, 11) is 3.83. The SMILES string of the molecule is CN=C(NCCCNC(=O)OC(C)(C)C)NCc1ccccc1CN(C)Cc1ccco1. The van der Waals surface area contributed by atoms with Crippen LogP contribution in [0.25, 0.3) is 0 Å². The van der Waals surface area contributed by atoms with Crippen LogP contribution >= 0.6 is 0 Å². The normalized spacial score (nSPS) is 12.0. The molecule has 0 saturated heterocycles. The molecule has 0 aliphatic heterocycles. The Kier molecular flexibility index (Phi) is 10.1. The molecular formula is C24H37N5O3. The summed E-state index contributed by atoms with van der Waals surface area (Å²) in [5.41, 5.74) is 1.98. The summed E-state index contributed by atoms with van der Waals surface area (Å²) in [5, 5.41) is 9.40. The van der Waals surface area contributed by atoms with Crippen LogP contribution in [0.4, 0.5) is 4.79 Å². The van der Waals surface area contributed by atoms with Gasteiger partial charge in [0.05, 0.1) is 12.8 Å². The number of ether oxygens (including phenoxy) is 1. The van der Waals surface area contributed by atoms with Crippen molar-refractivity contribution in [1.29, 1.82) is 0 Å². The van der Waals surface area contributed by atoms with Crippen molar-refractivity contribution in [2.75, 3.05) is 27.2 Å². The van der Waals surface area contributed by atoms with E-state index in [1.54, 1.807) is 13.3 Å². The lowest BCUT2D eigenvalue weighted by Gasteiger charge is -2.20. The highest BCUT2D eigenvalue weighted by molar-refractivity contribution is 5.79. The molecule has 0 aliphatic rings.